The first-order valence-corrected chi connectivity index (χ1v) is 10.1. The fraction of sp³-hybridized carbons (Fsp3) is 0.182. The molecule has 0 aliphatic carbocycles. The number of anilines is 2. The van der Waals surface area contributed by atoms with Crippen LogP contribution in [0.4, 0.5) is 16.0 Å². The van der Waals surface area contributed by atoms with Crippen molar-refractivity contribution in [1.82, 2.24) is 19.3 Å². The van der Waals surface area contributed by atoms with Gasteiger partial charge in [0.1, 0.15) is 6.26 Å². The molecule has 0 aliphatic rings. The molecule has 0 saturated heterocycles. The quantitative estimate of drug-likeness (QED) is 0.332. The van der Waals surface area contributed by atoms with E-state index in [4.69, 9.17) is 9.84 Å². The third kappa shape index (κ3) is 5.19. The van der Waals surface area contributed by atoms with Crippen LogP contribution in [0.1, 0.15) is 5.56 Å². The highest BCUT2D eigenvalue weighted by Gasteiger charge is 2.17. The van der Waals surface area contributed by atoms with Crippen LogP contribution in [0.15, 0.2) is 75.0 Å². The molecule has 0 spiro atoms. The Bertz CT molecular complexity index is 1370. The first-order chi connectivity index (χ1) is 16.4. The molecule has 176 valence electrons. The number of nitrogens with zero attached hydrogens (tertiary/aromatic N) is 4. The summed E-state index contributed by atoms with van der Waals surface area (Å²) >= 11 is 0. The van der Waals surface area contributed by atoms with Crippen molar-refractivity contribution in [3.63, 3.8) is 0 Å². The molecule has 34 heavy (non-hydrogen) atoms. The average molecular weight is 469 g/mol. The van der Waals surface area contributed by atoms with Crippen molar-refractivity contribution >= 4 is 11.6 Å². The van der Waals surface area contributed by atoms with E-state index in [1.165, 1.54) is 29.0 Å². The van der Waals surface area contributed by atoms with E-state index in [9.17, 15) is 19.1 Å². The minimum Gasteiger partial charge on any atom is -0.433 e. The molecule has 0 amide bonds. The molecule has 0 bridgehead atoms. The third-order valence-corrected chi connectivity index (χ3v) is 4.75. The van der Waals surface area contributed by atoms with Gasteiger partial charge >= 0.3 is 11.4 Å². The average Bonchev–Trinajstić information content (AvgIpc) is 3.35. The van der Waals surface area contributed by atoms with Crippen molar-refractivity contribution in [2.24, 2.45) is 0 Å². The summed E-state index contributed by atoms with van der Waals surface area (Å²) in [4.78, 5) is 29.5. The van der Waals surface area contributed by atoms with E-state index in [0.29, 0.717) is 0 Å². The van der Waals surface area contributed by atoms with Gasteiger partial charge in [0.15, 0.2) is 11.6 Å². The standard InChI is InChI=1S/C22H20FN5O6/c23-17-10-15(6-7-18(17)34-19-8-9-33-26-19)24-20-25-21(31)28(12-16(30)13-29)22(32)27(20)11-14-4-2-1-3-5-14/h1-10,16,29-30H,11-13H2,(H,24,25,31)/t16-/m0/s1. The lowest BCUT2D eigenvalue weighted by molar-refractivity contribution is 0.0785. The smallest absolute Gasteiger partial charge is 0.355 e. The van der Waals surface area contributed by atoms with Gasteiger partial charge in [-0.2, -0.15) is 4.98 Å². The first kappa shape index (κ1) is 22.9. The fourth-order valence-corrected chi connectivity index (χ4v) is 3.12. The van der Waals surface area contributed by atoms with Crippen LogP contribution in [-0.2, 0) is 13.1 Å². The molecule has 2 aromatic carbocycles. The van der Waals surface area contributed by atoms with Gasteiger partial charge in [0.2, 0.25) is 5.95 Å². The molecule has 4 rings (SSSR count). The largest absolute Gasteiger partial charge is 0.433 e. The van der Waals surface area contributed by atoms with Crippen LogP contribution in [-0.4, -0.2) is 42.2 Å². The van der Waals surface area contributed by atoms with Gasteiger partial charge in [-0.3, -0.25) is 4.57 Å². The molecule has 1 atom stereocenters. The lowest BCUT2D eigenvalue weighted by Crippen LogP contribution is -2.45. The molecular weight excluding hydrogens is 449 g/mol. The SMILES string of the molecule is O=c1nc(Nc2ccc(Oc3ccon3)c(F)c2)n(Cc2ccccc2)c(=O)n1C[C@H](O)CO. The van der Waals surface area contributed by atoms with Crippen molar-refractivity contribution in [2.45, 2.75) is 19.2 Å². The molecule has 12 heteroatoms. The maximum Gasteiger partial charge on any atom is 0.355 e. The highest BCUT2D eigenvalue weighted by atomic mass is 19.1. The highest BCUT2D eigenvalue weighted by Crippen LogP contribution is 2.26. The number of halogens is 1. The van der Waals surface area contributed by atoms with Crippen LogP contribution in [0.3, 0.4) is 0 Å². The summed E-state index contributed by atoms with van der Waals surface area (Å²) in [7, 11) is 0. The molecule has 0 radical (unpaired) electrons. The van der Waals surface area contributed by atoms with E-state index in [2.05, 4.69) is 20.0 Å². The molecule has 0 unspecified atom stereocenters. The number of benzene rings is 2. The van der Waals surface area contributed by atoms with Crippen LogP contribution in [0.5, 0.6) is 11.6 Å². The van der Waals surface area contributed by atoms with Crippen LogP contribution in [0.2, 0.25) is 0 Å². The van der Waals surface area contributed by atoms with E-state index in [1.54, 1.807) is 24.3 Å². The number of rotatable bonds is 9. The van der Waals surface area contributed by atoms with Crippen molar-refractivity contribution in [1.29, 1.82) is 0 Å². The van der Waals surface area contributed by atoms with Gasteiger partial charge in [-0.15, -0.1) is 0 Å². The second-order valence-corrected chi connectivity index (χ2v) is 7.23. The van der Waals surface area contributed by atoms with Crippen LogP contribution >= 0.6 is 0 Å². The van der Waals surface area contributed by atoms with E-state index in [0.717, 1.165) is 16.2 Å². The molecular formula is C22H20FN5O6. The number of aliphatic hydroxyl groups is 2. The fourth-order valence-electron chi connectivity index (χ4n) is 3.12. The molecule has 2 aromatic heterocycles. The Morgan fingerprint density at radius 2 is 1.91 bits per heavy atom. The molecule has 4 aromatic rings. The lowest BCUT2D eigenvalue weighted by atomic mass is 10.2. The Morgan fingerprint density at radius 1 is 1.12 bits per heavy atom. The maximum atomic E-state index is 14.6. The number of hydrogen-bond donors (Lipinski definition) is 3. The van der Waals surface area contributed by atoms with Crippen molar-refractivity contribution < 1.29 is 23.9 Å². The minimum absolute atomic E-state index is 0.0420. The van der Waals surface area contributed by atoms with Crippen molar-refractivity contribution in [2.75, 3.05) is 11.9 Å². The Morgan fingerprint density at radius 3 is 2.59 bits per heavy atom. The summed E-state index contributed by atoms with van der Waals surface area (Å²) in [5.41, 5.74) is -0.753. The topological polar surface area (TPSA) is 145 Å². The normalized spacial score (nSPS) is 11.9. The second kappa shape index (κ2) is 10.1. The maximum absolute atomic E-state index is 14.6. The monoisotopic (exact) mass is 469 g/mol. The minimum atomic E-state index is -1.32. The first-order valence-electron chi connectivity index (χ1n) is 10.1. The Hall–Kier alpha value is -4.29. The molecule has 2 heterocycles. The van der Waals surface area contributed by atoms with E-state index >= 15 is 0 Å². The number of ether oxygens (including phenoxy) is 1. The van der Waals surface area contributed by atoms with Crippen LogP contribution < -0.4 is 21.4 Å². The van der Waals surface area contributed by atoms with E-state index in [-0.39, 0.29) is 29.8 Å². The highest BCUT2D eigenvalue weighted by molar-refractivity contribution is 5.55. The molecule has 3 N–H and O–H groups in total. The predicted octanol–water partition coefficient (Wildman–Crippen LogP) is 1.47. The summed E-state index contributed by atoms with van der Waals surface area (Å²) in [6.45, 7) is -1.02. The zero-order valence-electron chi connectivity index (χ0n) is 17.7. The summed E-state index contributed by atoms with van der Waals surface area (Å²) in [5.74, 6) is -0.892. The molecule has 0 aliphatic heterocycles. The summed E-state index contributed by atoms with van der Waals surface area (Å²) in [6.07, 6.45) is -0.0368. The molecule has 0 fully saturated rings. The van der Waals surface area contributed by atoms with E-state index in [1.807, 2.05) is 6.07 Å². The molecule has 11 nitrogen and oxygen atoms in total. The molecule has 0 saturated carbocycles. The van der Waals surface area contributed by atoms with Gasteiger partial charge in [-0.25, -0.2) is 18.5 Å². The zero-order valence-corrected chi connectivity index (χ0v) is 17.7. The van der Waals surface area contributed by atoms with Crippen molar-refractivity contribution in [3.05, 3.63) is 93.2 Å². The second-order valence-electron chi connectivity index (χ2n) is 7.23. The van der Waals surface area contributed by atoms with Gasteiger partial charge in [0.05, 0.1) is 25.8 Å². The number of nitrogens with one attached hydrogen (secondary N) is 1. The predicted molar refractivity (Wildman–Crippen MR) is 118 cm³/mol. The van der Waals surface area contributed by atoms with Gasteiger partial charge in [-0.1, -0.05) is 30.3 Å². The third-order valence-electron chi connectivity index (χ3n) is 4.75. The van der Waals surface area contributed by atoms with Gasteiger partial charge < -0.3 is 24.8 Å². The van der Waals surface area contributed by atoms with Crippen molar-refractivity contribution in [3.8, 4) is 11.6 Å². The number of hydrogen-bond acceptors (Lipinski definition) is 9. The Labute approximate surface area is 191 Å². The summed E-state index contributed by atoms with van der Waals surface area (Å²) < 4.78 is 26.4. The number of aromatic nitrogens is 4. The van der Waals surface area contributed by atoms with Crippen LogP contribution in [0.25, 0.3) is 0 Å². The summed E-state index contributed by atoms with van der Waals surface area (Å²) in [5, 5.41) is 25.2. The van der Waals surface area contributed by atoms with Crippen LogP contribution in [0, 0.1) is 5.82 Å². The summed E-state index contributed by atoms with van der Waals surface area (Å²) in [6, 6.07) is 14.3. The Balaban J connectivity index is 1.69. The van der Waals surface area contributed by atoms with Gasteiger partial charge in [0.25, 0.3) is 5.88 Å². The Kier molecular flexibility index (Phi) is 6.80. The zero-order chi connectivity index (χ0) is 24.1. The van der Waals surface area contributed by atoms with E-state index < -0.39 is 36.5 Å². The van der Waals surface area contributed by atoms with Gasteiger partial charge in [-0.05, 0) is 22.9 Å². The lowest BCUT2D eigenvalue weighted by Gasteiger charge is -2.17. The van der Waals surface area contributed by atoms with Gasteiger partial charge in [0, 0.05) is 17.8 Å². The number of aliphatic hydroxyl groups excluding tert-OH is 2.